The van der Waals surface area contributed by atoms with E-state index in [1.54, 1.807) is 24.3 Å². The van der Waals surface area contributed by atoms with Crippen LogP contribution in [0.1, 0.15) is 95.8 Å². The van der Waals surface area contributed by atoms with Crippen LogP contribution in [0.4, 0.5) is 8.78 Å². The normalized spacial score (nSPS) is 36.2. The molecule has 0 aromatic heterocycles. The number of fused-ring (bicyclic) bond motifs is 5. The molecule has 1 aromatic rings. The molecule has 5 rings (SSSR count). The predicted octanol–water partition coefficient (Wildman–Crippen LogP) is 8.07. The van der Waals surface area contributed by atoms with Gasteiger partial charge in [0.25, 0.3) is 0 Å². The summed E-state index contributed by atoms with van der Waals surface area (Å²) in [6, 6.07) is 8.78. The first-order chi connectivity index (χ1) is 20.5. The zero-order chi connectivity index (χ0) is 30.9. The van der Waals surface area contributed by atoms with Gasteiger partial charge in [0.15, 0.2) is 12.3 Å². The quantitative estimate of drug-likeness (QED) is 0.201. The summed E-state index contributed by atoms with van der Waals surface area (Å²) < 4.78 is 43.8. The number of carbonyl (C=O) groups is 2. The number of hydrogen-bond donors (Lipinski definition) is 0. The minimum Gasteiger partial charge on any atom is -0.466 e. The zero-order valence-corrected chi connectivity index (χ0v) is 26.5. The van der Waals surface area contributed by atoms with Gasteiger partial charge in [0, 0.05) is 0 Å². The van der Waals surface area contributed by atoms with Gasteiger partial charge in [-0.25, -0.2) is 18.4 Å². The van der Waals surface area contributed by atoms with Crippen molar-refractivity contribution in [1.82, 2.24) is 0 Å². The third-order valence-corrected chi connectivity index (χ3v) is 12.1. The number of methoxy groups -OCH3 is 1. The molecule has 0 bridgehead atoms. The molecule has 0 aliphatic heterocycles. The van der Waals surface area contributed by atoms with E-state index in [2.05, 4.69) is 26.8 Å². The van der Waals surface area contributed by atoms with Crippen LogP contribution in [0.5, 0.6) is 0 Å². The molecular formula is C36H50F2O5. The number of hydrogen-bond acceptors (Lipinski definition) is 5. The molecular weight excluding hydrogens is 550 g/mol. The van der Waals surface area contributed by atoms with Gasteiger partial charge in [-0.15, -0.1) is 0 Å². The number of ether oxygens (including phenoxy) is 3. The van der Waals surface area contributed by atoms with Gasteiger partial charge in [-0.2, -0.15) is 0 Å². The van der Waals surface area contributed by atoms with E-state index >= 15 is 0 Å². The number of allylic oxidation sites excluding steroid dienone is 1. The van der Waals surface area contributed by atoms with Crippen molar-refractivity contribution in [2.45, 2.75) is 110 Å². The van der Waals surface area contributed by atoms with Gasteiger partial charge >= 0.3 is 11.9 Å². The van der Waals surface area contributed by atoms with Crippen LogP contribution in [-0.4, -0.2) is 50.2 Å². The summed E-state index contributed by atoms with van der Waals surface area (Å²) in [5, 5.41) is 0. The SMILES string of the molecule is COC(=O)C(C[C@@H](C)[C@H]1CC[C@H]2[C@@H]3CC=C4C[C@@H](OCC(F)C(C)F)CC[C@]4(C)[C@H]3CC[C@]12C)OC(=O)c1ccccc1. The van der Waals surface area contributed by atoms with E-state index in [1.165, 1.54) is 32.4 Å². The molecule has 3 fully saturated rings. The summed E-state index contributed by atoms with van der Waals surface area (Å²) >= 11 is 0. The molecule has 0 saturated heterocycles. The first-order valence-corrected chi connectivity index (χ1v) is 16.4. The van der Waals surface area contributed by atoms with Crippen molar-refractivity contribution in [2.75, 3.05) is 13.7 Å². The molecule has 11 atom stereocenters. The Kier molecular flexibility index (Phi) is 9.70. The largest absolute Gasteiger partial charge is 0.466 e. The van der Waals surface area contributed by atoms with E-state index in [0.717, 1.165) is 38.5 Å². The standard InChI is InChI=1S/C36H50F2O5/c1-22(19-32(34(40)41-5)43-33(39)24-9-7-6-8-10-24)28-13-14-29-27-12-11-25-20-26(42-21-31(38)23(2)37)15-17-35(25,3)30(27)16-18-36(28,29)4/h6-11,22-23,26-32H,12-21H2,1-5H3/t22-,23?,26+,27+,28-,29+,30+,31?,32?,35+,36-/m1/s1. The molecule has 7 heteroatoms. The summed E-state index contributed by atoms with van der Waals surface area (Å²) in [5.41, 5.74) is 2.19. The Morgan fingerprint density at radius 2 is 1.74 bits per heavy atom. The monoisotopic (exact) mass is 600 g/mol. The van der Waals surface area contributed by atoms with Crippen molar-refractivity contribution in [1.29, 1.82) is 0 Å². The lowest BCUT2D eigenvalue weighted by Crippen LogP contribution is -2.51. The Balaban J connectivity index is 1.25. The number of esters is 2. The highest BCUT2D eigenvalue weighted by molar-refractivity contribution is 5.91. The summed E-state index contributed by atoms with van der Waals surface area (Å²) in [6.07, 6.45) is 7.33. The number of benzene rings is 1. The predicted molar refractivity (Wildman–Crippen MR) is 162 cm³/mol. The maximum atomic E-state index is 13.9. The van der Waals surface area contributed by atoms with E-state index in [-0.39, 0.29) is 29.5 Å². The van der Waals surface area contributed by atoms with Gasteiger partial charge in [0.05, 0.1) is 25.4 Å². The van der Waals surface area contributed by atoms with Crippen molar-refractivity contribution < 1.29 is 32.6 Å². The first kappa shape index (κ1) is 32.1. The van der Waals surface area contributed by atoms with Crippen LogP contribution in [0.2, 0.25) is 0 Å². The molecule has 4 aliphatic rings. The molecule has 0 heterocycles. The van der Waals surface area contributed by atoms with Gasteiger partial charge in [-0.1, -0.05) is 50.6 Å². The Labute approximate surface area is 256 Å². The fraction of sp³-hybridized carbons (Fsp3) is 0.722. The summed E-state index contributed by atoms with van der Waals surface area (Å²) in [5.74, 6) is 1.49. The van der Waals surface area contributed by atoms with Gasteiger partial charge in [-0.05, 0) is 117 Å². The third kappa shape index (κ3) is 6.30. The fourth-order valence-corrected chi connectivity index (χ4v) is 9.70. The van der Waals surface area contributed by atoms with Crippen LogP contribution < -0.4 is 0 Å². The third-order valence-electron chi connectivity index (χ3n) is 12.1. The smallest absolute Gasteiger partial charge is 0.347 e. The highest BCUT2D eigenvalue weighted by Gasteiger charge is 2.59. The van der Waals surface area contributed by atoms with Gasteiger partial charge in [0.1, 0.15) is 6.17 Å². The van der Waals surface area contributed by atoms with Gasteiger partial charge in [0.2, 0.25) is 0 Å². The Morgan fingerprint density at radius 1 is 1.00 bits per heavy atom. The van der Waals surface area contributed by atoms with E-state index in [1.807, 2.05) is 6.07 Å². The maximum absolute atomic E-state index is 13.9. The van der Waals surface area contributed by atoms with E-state index in [9.17, 15) is 18.4 Å². The molecule has 5 nitrogen and oxygen atoms in total. The highest BCUT2D eigenvalue weighted by Crippen LogP contribution is 2.67. The maximum Gasteiger partial charge on any atom is 0.347 e. The van der Waals surface area contributed by atoms with Crippen molar-refractivity contribution in [3.63, 3.8) is 0 Å². The van der Waals surface area contributed by atoms with Crippen LogP contribution in [0.3, 0.4) is 0 Å². The lowest BCUT2D eigenvalue weighted by molar-refractivity contribution is -0.152. The molecule has 3 unspecified atom stereocenters. The van der Waals surface area contributed by atoms with Crippen LogP contribution >= 0.6 is 0 Å². The molecule has 4 aliphatic carbocycles. The molecule has 0 spiro atoms. The zero-order valence-electron chi connectivity index (χ0n) is 26.5. The average Bonchev–Trinajstić information content (AvgIpc) is 3.36. The topological polar surface area (TPSA) is 61.8 Å². The number of alkyl halides is 2. The lowest BCUT2D eigenvalue weighted by Gasteiger charge is -2.58. The van der Waals surface area contributed by atoms with Crippen LogP contribution in [0, 0.1) is 40.4 Å². The van der Waals surface area contributed by atoms with E-state index in [0.29, 0.717) is 35.7 Å². The second kappa shape index (κ2) is 13.0. The second-order valence-electron chi connectivity index (χ2n) is 14.4. The van der Waals surface area contributed by atoms with Gasteiger partial charge < -0.3 is 14.2 Å². The molecule has 3 saturated carbocycles. The van der Waals surface area contributed by atoms with Crippen molar-refractivity contribution >= 4 is 11.9 Å². The number of carbonyl (C=O) groups excluding carboxylic acids is 2. The Hall–Kier alpha value is -2.28. The molecule has 0 amide bonds. The summed E-state index contributed by atoms with van der Waals surface area (Å²) in [4.78, 5) is 25.5. The minimum absolute atomic E-state index is 0.0304. The van der Waals surface area contributed by atoms with Crippen LogP contribution in [-0.2, 0) is 19.0 Å². The van der Waals surface area contributed by atoms with Crippen LogP contribution in [0.15, 0.2) is 42.0 Å². The van der Waals surface area contributed by atoms with Crippen molar-refractivity contribution in [3.05, 3.63) is 47.5 Å². The first-order valence-electron chi connectivity index (χ1n) is 16.4. The van der Waals surface area contributed by atoms with Crippen molar-refractivity contribution in [3.8, 4) is 0 Å². The van der Waals surface area contributed by atoms with E-state index < -0.39 is 30.4 Å². The van der Waals surface area contributed by atoms with Crippen LogP contribution in [0.25, 0.3) is 0 Å². The van der Waals surface area contributed by atoms with Crippen molar-refractivity contribution in [2.24, 2.45) is 40.4 Å². The van der Waals surface area contributed by atoms with E-state index in [4.69, 9.17) is 14.2 Å². The highest BCUT2D eigenvalue weighted by atomic mass is 19.2. The minimum atomic E-state index is -1.56. The fourth-order valence-electron chi connectivity index (χ4n) is 9.70. The summed E-state index contributed by atoms with van der Waals surface area (Å²) in [7, 11) is 1.35. The number of rotatable bonds is 10. The summed E-state index contributed by atoms with van der Waals surface area (Å²) in [6.45, 7) is 8.20. The Morgan fingerprint density at radius 3 is 2.44 bits per heavy atom. The Bertz CT molecular complexity index is 1170. The average molecular weight is 601 g/mol. The molecule has 238 valence electrons. The lowest BCUT2D eigenvalue weighted by atomic mass is 9.47. The molecule has 0 N–H and O–H groups in total. The number of halogens is 2. The second-order valence-corrected chi connectivity index (χ2v) is 14.4. The molecule has 0 radical (unpaired) electrons. The molecule has 1 aromatic carbocycles. The van der Waals surface area contributed by atoms with Gasteiger partial charge in [-0.3, -0.25) is 0 Å². The molecule has 43 heavy (non-hydrogen) atoms.